The Morgan fingerprint density at radius 2 is 1.06 bits per heavy atom. The molecule has 0 radical (unpaired) electrons. The maximum absolute atomic E-state index is 13.0. The van der Waals surface area contributed by atoms with Crippen LogP contribution in [0, 0.1) is 0 Å². The van der Waals surface area contributed by atoms with Crippen molar-refractivity contribution in [2.75, 3.05) is 0 Å². The summed E-state index contributed by atoms with van der Waals surface area (Å²) in [5.41, 5.74) is 10.1. The van der Waals surface area contributed by atoms with Gasteiger partial charge in [0.25, 0.3) is 11.4 Å². The number of fused-ring (bicyclic) bond motifs is 3. The number of aromatic nitrogens is 2. The van der Waals surface area contributed by atoms with Crippen molar-refractivity contribution >= 4 is 23.7 Å². The average molecular weight is 687 g/mol. The van der Waals surface area contributed by atoms with Gasteiger partial charge in [-0.25, -0.2) is 16.4 Å². The third-order valence-corrected chi connectivity index (χ3v) is 8.46. The molecule has 3 heterocycles. The molecule has 14 heteroatoms. The molecule has 0 saturated carbocycles. The van der Waals surface area contributed by atoms with Gasteiger partial charge in [0.1, 0.15) is 0 Å². The fourth-order valence-electron chi connectivity index (χ4n) is 5.45. The summed E-state index contributed by atoms with van der Waals surface area (Å²) >= 11 is 0. The van der Waals surface area contributed by atoms with Crippen molar-refractivity contribution in [3.63, 3.8) is 0 Å². The molecule has 0 bridgehead atoms. The molecule has 0 unspecified atom stereocenters. The van der Waals surface area contributed by atoms with Gasteiger partial charge in [0, 0.05) is 49.9 Å². The molecule has 0 fully saturated rings. The third kappa shape index (κ3) is 11.0. The predicted molar refractivity (Wildman–Crippen MR) is 177 cm³/mol. The fraction of sp³-hybridized carbons (Fsp3) is 0.600. The Kier molecular flexibility index (Phi) is 14.2. The number of carbonyl (C=O) groups excluding carboxylic acids is 4. The van der Waals surface area contributed by atoms with E-state index in [1.807, 2.05) is 24.5 Å². The van der Waals surface area contributed by atoms with E-state index >= 15 is 0 Å². The maximum Gasteiger partial charge on any atom is 0.663 e. The van der Waals surface area contributed by atoms with E-state index in [4.69, 9.17) is 20.8 Å². The Hall–Kier alpha value is -3.98. The van der Waals surface area contributed by atoms with Gasteiger partial charge in [-0.1, -0.05) is 76.4 Å². The second-order valence-corrected chi connectivity index (χ2v) is 14.5. The van der Waals surface area contributed by atoms with Crippen LogP contribution in [0.5, 0.6) is 0 Å². The molecule has 3 amide bonds. The first-order chi connectivity index (χ1) is 23.1. The van der Waals surface area contributed by atoms with Gasteiger partial charge in [0.05, 0.1) is 0 Å². The summed E-state index contributed by atoms with van der Waals surface area (Å²) in [6.07, 6.45) is 9.65. The van der Waals surface area contributed by atoms with Gasteiger partial charge in [-0.05, 0) is 47.6 Å². The van der Waals surface area contributed by atoms with Crippen LogP contribution in [-0.4, -0.2) is 28.9 Å². The first-order valence-corrected chi connectivity index (χ1v) is 17.0. The Morgan fingerprint density at radius 1 is 0.673 bits per heavy atom. The number of nitrogens with zero attached hydrogens (tertiary/aromatic N) is 2. The maximum atomic E-state index is 13.0. The molecule has 2 aromatic rings. The number of hydroxylamine groups is 3. The highest BCUT2D eigenvalue weighted by molar-refractivity contribution is 5.75. The smallest absolute Gasteiger partial charge is 0.373 e. The highest BCUT2D eigenvalue weighted by atomic mass is 16.9. The van der Waals surface area contributed by atoms with Gasteiger partial charge >= 0.3 is 12.0 Å². The SMILES string of the molecule is CC(C)(C)c1cc[n+]2c(c1)-c1cc(C(C)(C)C)cc[n+]1C2(ONC(=O)CCCCCCC(=O)NO)ONC(=O)CCCCCCC(=O)ON. The lowest BCUT2D eigenvalue weighted by Crippen LogP contribution is -2.75. The lowest BCUT2D eigenvalue weighted by atomic mass is 9.86. The fourth-order valence-corrected chi connectivity index (χ4v) is 5.45. The van der Waals surface area contributed by atoms with E-state index < -0.39 is 17.9 Å². The number of unbranched alkanes of at least 4 members (excludes halogenated alkanes) is 6. The first-order valence-electron chi connectivity index (χ1n) is 17.0. The molecule has 1 aliphatic heterocycles. The summed E-state index contributed by atoms with van der Waals surface area (Å²) in [4.78, 5) is 65.0. The minimum absolute atomic E-state index is 0.163. The van der Waals surface area contributed by atoms with E-state index in [0.717, 1.165) is 41.8 Å². The summed E-state index contributed by atoms with van der Waals surface area (Å²) in [7, 11) is 0. The van der Waals surface area contributed by atoms with E-state index in [0.29, 0.717) is 32.1 Å². The zero-order valence-electron chi connectivity index (χ0n) is 29.7. The van der Waals surface area contributed by atoms with Gasteiger partial charge in [-0.3, -0.25) is 24.4 Å². The van der Waals surface area contributed by atoms with Gasteiger partial charge in [0.15, 0.2) is 12.4 Å². The van der Waals surface area contributed by atoms with Crippen LogP contribution < -0.4 is 31.5 Å². The molecule has 1 aliphatic rings. The summed E-state index contributed by atoms with van der Waals surface area (Å²) < 4.78 is 3.49. The highest BCUT2D eigenvalue weighted by Gasteiger charge is 2.66. The minimum atomic E-state index is -1.83. The van der Waals surface area contributed by atoms with E-state index in [-0.39, 0.29) is 48.3 Å². The van der Waals surface area contributed by atoms with Crippen molar-refractivity contribution in [1.29, 1.82) is 0 Å². The largest absolute Gasteiger partial charge is 0.663 e. The van der Waals surface area contributed by atoms with Crippen LogP contribution in [0.4, 0.5) is 0 Å². The Labute approximate surface area is 288 Å². The van der Waals surface area contributed by atoms with Crippen molar-refractivity contribution in [1.82, 2.24) is 16.4 Å². The summed E-state index contributed by atoms with van der Waals surface area (Å²) in [6, 6.07) is 6.22. The van der Waals surface area contributed by atoms with Crippen LogP contribution in [-0.2, 0) is 50.6 Å². The van der Waals surface area contributed by atoms with Gasteiger partial charge in [0.2, 0.25) is 17.7 Å². The second-order valence-electron chi connectivity index (χ2n) is 14.5. The molecule has 0 saturated heterocycles. The van der Waals surface area contributed by atoms with Crippen LogP contribution in [0.15, 0.2) is 36.7 Å². The Morgan fingerprint density at radius 3 is 1.43 bits per heavy atom. The van der Waals surface area contributed by atoms with Crippen molar-refractivity contribution in [2.24, 2.45) is 5.90 Å². The second kappa shape index (κ2) is 17.6. The summed E-state index contributed by atoms with van der Waals surface area (Å²) in [6.45, 7) is 12.7. The average Bonchev–Trinajstić information content (AvgIpc) is 3.33. The van der Waals surface area contributed by atoms with Crippen molar-refractivity contribution in [2.45, 2.75) is 135 Å². The molecule has 0 aromatic carbocycles. The quantitative estimate of drug-likeness (QED) is 0.0513. The number of hydrogen-bond acceptors (Lipinski definition) is 9. The van der Waals surface area contributed by atoms with Gasteiger partial charge < -0.3 is 4.84 Å². The third-order valence-electron chi connectivity index (χ3n) is 8.46. The van der Waals surface area contributed by atoms with Crippen LogP contribution in [0.1, 0.15) is 130 Å². The van der Waals surface area contributed by atoms with E-state index in [9.17, 15) is 19.2 Å². The van der Waals surface area contributed by atoms with E-state index in [2.05, 4.69) is 69.5 Å². The molecule has 0 aliphatic carbocycles. The normalized spacial score (nSPS) is 13.3. The molecule has 3 rings (SSSR count). The molecular formula is C35H54N6O8+2. The molecule has 6 N–H and O–H groups in total. The van der Waals surface area contributed by atoms with Crippen molar-refractivity contribution < 1.29 is 48.0 Å². The molecule has 0 spiro atoms. The van der Waals surface area contributed by atoms with Gasteiger partial charge in [-0.15, -0.1) is 9.68 Å². The zero-order valence-corrected chi connectivity index (χ0v) is 29.7. The lowest BCUT2D eigenvalue weighted by molar-refractivity contribution is -1.06. The Balaban J connectivity index is 1.84. The molecule has 14 nitrogen and oxygen atoms in total. The van der Waals surface area contributed by atoms with Crippen molar-refractivity contribution in [3.8, 4) is 11.4 Å². The predicted octanol–water partition coefficient (Wildman–Crippen LogP) is 3.65. The minimum Gasteiger partial charge on any atom is -0.373 e. The monoisotopic (exact) mass is 686 g/mol. The number of nitrogens with two attached hydrogens (primary N) is 1. The summed E-state index contributed by atoms with van der Waals surface area (Å²) in [5, 5.41) is 8.64. The molecule has 2 aromatic heterocycles. The number of amides is 3. The van der Waals surface area contributed by atoms with Crippen LogP contribution in [0.2, 0.25) is 0 Å². The number of hydrogen-bond donors (Lipinski definition) is 5. The number of rotatable bonds is 18. The van der Waals surface area contributed by atoms with Gasteiger partial charge in [-0.2, -0.15) is 5.90 Å². The van der Waals surface area contributed by atoms with Crippen LogP contribution >= 0.6 is 0 Å². The summed E-state index contributed by atoms with van der Waals surface area (Å²) in [5.74, 6) is 3.22. The first kappa shape index (κ1) is 39.5. The molecule has 270 valence electrons. The van der Waals surface area contributed by atoms with E-state index in [1.54, 1.807) is 14.6 Å². The zero-order chi connectivity index (χ0) is 36.2. The topological polar surface area (TPSA) is 186 Å². The van der Waals surface area contributed by atoms with Crippen LogP contribution in [0.3, 0.4) is 0 Å². The number of pyridine rings is 2. The number of nitrogens with one attached hydrogen (secondary N) is 3. The molecular weight excluding hydrogens is 632 g/mol. The lowest BCUT2D eigenvalue weighted by Gasteiger charge is -2.20. The van der Waals surface area contributed by atoms with Crippen LogP contribution in [0.25, 0.3) is 11.4 Å². The molecule has 49 heavy (non-hydrogen) atoms. The van der Waals surface area contributed by atoms with E-state index in [1.165, 1.54) is 0 Å². The number of carbonyl (C=O) groups is 4. The molecule has 0 atom stereocenters. The van der Waals surface area contributed by atoms with Crippen molar-refractivity contribution in [3.05, 3.63) is 47.8 Å². The Bertz CT molecular complexity index is 1360. The standard InChI is InChI=1S/C35H52N6O8/c1-33(2,3)25-19-21-40-27(23-25)28-24-26(34(4,5)6)20-22-41(28)35(40,48-38-30(43)16-12-8-7-11-15-29(42)37-46)49-39-31(44)17-13-9-10-14-18-32(45)47-36/h19-24H,7-18,36H2,1-6H3,(H2-2,37,38,39,42,43,44,46)/p+2. The highest BCUT2D eigenvalue weighted by Crippen LogP contribution is 2.32.